The normalized spacial score (nSPS) is 20.7. The Labute approximate surface area is 167 Å². The van der Waals surface area contributed by atoms with Crippen molar-refractivity contribution in [2.75, 3.05) is 18.0 Å². The fourth-order valence-electron chi connectivity index (χ4n) is 4.51. The molecule has 2 aliphatic heterocycles. The molecule has 2 bridgehead atoms. The van der Waals surface area contributed by atoms with E-state index in [2.05, 4.69) is 15.2 Å². The number of nitrogens with one attached hydrogen (secondary N) is 1. The first-order chi connectivity index (χ1) is 14.3. The third kappa shape index (κ3) is 2.61. The summed E-state index contributed by atoms with van der Waals surface area (Å²) in [5, 5.41) is 3.53. The number of fused-ring (bicyclic) bond motifs is 3. The summed E-state index contributed by atoms with van der Waals surface area (Å²) in [6.07, 6.45) is 4.60. The Bertz CT molecular complexity index is 1200. The Balaban J connectivity index is 1.58. The van der Waals surface area contributed by atoms with Gasteiger partial charge in [-0.3, -0.25) is 9.55 Å². The fraction of sp³-hybridized carbons (Fsp3) is 0.227. The number of benzene rings is 1. The quantitative estimate of drug-likeness (QED) is 0.586. The molecule has 3 aromatic heterocycles. The van der Waals surface area contributed by atoms with E-state index in [1.165, 1.54) is 6.07 Å². The van der Waals surface area contributed by atoms with Gasteiger partial charge in [0.2, 0.25) is 0 Å². The van der Waals surface area contributed by atoms with Gasteiger partial charge in [0.15, 0.2) is 5.65 Å². The van der Waals surface area contributed by atoms with Crippen LogP contribution in [0.5, 0.6) is 0 Å². The van der Waals surface area contributed by atoms with Crippen molar-refractivity contribution < 1.29 is 4.39 Å². The number of piperazine rings is 1. The van der Waals surface area contributed by atoms with Crippen LogP contribution in [-0.2, 0) is 0 Å². The van der Waals surface area contributed by atoms with Gasteiger partial charge in [-0.15, -0.1) is 0 Å². The Hall–Kier alpha value is -3.32. The molecule has 7 heteroatoms. The van der Waals surface area contributed by atoms with Gasteiger partial charge in [-0.1, -0.05) is 12.1 Å². The predicted molar refractivity (Wildman–Crippen MR) is 110 cm³/mol. The van der Waals surface area contributed by atoms with Gasteiger partial charge in [0.1, 0.15) is 23.0 Å². The van der Waals surface area contributed by atoms with Crippen molar-refractivity contribution in [3.63, 3.8) is 0 Å². The van der Waals surface area contributed by atoms with Gasteiger partial charge in [-0.2, -0.15) is 0 Å². The number of rotatable bonds is 3. The van der Waals surface area contributed by atoms with E-state index in [4.69, 9.17) is 9.97 Å². The van der Waals surface area contributed by atoms with Crippen LogP contribution < -0.4 is 10.2 Å². The van der Waals surface area contributed by atoms with E-state index in [0.29, 0.717) is 23.5 Å². The average Bonchev–Trinajstić information content (AvgIpc) is 3.48. The number of hydrogen-bond donors (Lipinski definition) is 1. The van der Waals surface area contributed by atoms with E-state index in [9.17, 15) is 4.39 Å². The highest BCUT2D eigenvalue weighted by molar-refractivity contribution is 5.81. The van der Waals surface area contributed by atoms with E-state index in [1.807, 2.05) is 34.9 Å². The molecular weight excluding hydrogens is 367 g/mol. The first kappa shape index (κ1) is 16.6. The molecule has 1 aromatic carbocycles. The molecule has 6 rings (SSSR count). The molecule has 2 aliphatic rings. The van der Waals surface area contributed by atoms with E-state index in [-0.39, 0.29) is 5.82 Å². The number of halogens is 1. The number of anilines is 1. The monoisotopic (exact) mass is 386 g/mol. The molecule has 4 aromatic rings. The van der Waals surface area contributed by atoms with Crippen LogP contribution in [0.4, 0.5) is 10.2 Å². The van der Waals surface area contributed by atoms with Crippen LogP contribution in [0, 0.1) is 5.82 Å². The van der Waals surface area contributed by atoms with E-state index >= 15 is 0 Å². The Morgan fingerprint density at radius 1 is 1.00 bits per heavy atom. The van der Waals surface area contributed by atoms with E-state index in [0.717, 1.165) is 42.2 Å². The molecule has 0 spiro atoms. The molecule has 5 heterocycles. The van der Waals surface area contributed by atoms with E-state index in [1.54, 1.807) is 24.5 Å². The molecule has 1 N–H and O–H groups in total. The number of aromatic nitrogens is 4. The first-order valence-corrected chi connectivity index (χ1v) is 9.83. The molecule has 2 fully saturated rings. The van der Waals surface area contributed by atoms with Crippen molar-refractivity contribution in [1.82, 2.24) is 24.8 Å². The third-order valence-electron chi connectivity index (χ3n) is 5.88. The Morgan fingerprint density at radius 3 is 2.62 bits per heavy atom. The van der Waals surface area contributed by atoms with Crippen molar-refractivity contribution in [3.8, 4) is 17.1 Å². The van der Waals surface area contributed by atoms with Crippen LogP contribution in [0.1, 0.15) is 6.42 Å². The number of hydrogen-bond acceptors (Lipinski definition) is 5. The summed E-state index contributed by atoms with van der Waals surface area (Å²) in [7, 11) is 0. The second-order valence-corrected chi connectivity index (χ2v) is 7.62. The van der Waals surface area contributed by atoms with E-state index < -0.39 is 0 Å². The Morgan fingerprint density at radius 2 is 1.86 bits per heavy atom. The van der Waals surface area contributed by atoms with Crippen LogP contribution in [0.15, 0.2) is 60.9 Å². The molecule has 0 radical (unpaired) electrons. The lowest BCUT2D eigenvalue weighted by Gasteiger charge is -2.28. The van der Waals surface area contributed by atoms with Gasteiger partial charge in [0.05, 0.1) is 11.3 Å². The standard InChI is InChI=1S/C22H19FN6/c23-18-4-2-1-3-17(18)21-26-19-5-6-20(28-13-14-11-16(28)12-25-14)27-22(19)29(21)15-7-9-24-10-8-15/h1-10,14,16,25H,11-13H2/t14-,16-/m1/s1. The summed E-state index contributed by atoms with van der Waals surface area (Å²) in [5.74, 6) is 1.18. The van der Waals surface area contributed by atoms with Gasteiger partial charge in [-0.25, -0.2) is 14.4 Å². The maximum absolute atomic E-state index is 14.6. The van der Waals surface area contributed by atoms with Gasteiger partial charge < -0.3 is 10.2 Å². The van der Waals surface area contributed by atoms with Gasteiger partial charge in [0.25, 0.3) is 0 Å². The SMILES string of the molecule is Fc1ccccc1-c1nc2ccc(N3C[C@H]4C[C@@H]3CN4)nc2n1-c1ccncc1. The number of nitrogens with zero attached hydrogens (tertiary/aromatic N) is 5. The highest BCUT2D eigenvalue weighted by Gasteiger charge is 2.38. The second-order valence-electron chi connectivity index (χ2n) is 7.62. The molecule has 0 unspecified atom stereocenters. The minimum atomic E-state index is -0.304. The highest BCUT2D eigenvalue weighted by Crippen LogP contribution is 2.33. The van der Waals surface area contributed by atoms with Crippen LogP contribution in [0.3, 0.4) is 0 Å². The van der Waals surface area contributed by atoms with Gasteiger partial charge in [0, 0.05) is 37.6 Å². The lowest BCUT2D eigenvalue weighted by molar-refractivity contribution is 0.577. The fourth-order valence-corrected chi connectivity index (χ4v) is 4.51. The first-order valence-electron chi connectivity index (χ1n) is 9.83. The van der Waals surface area contributed by atoms with Crippen molar-refractivity contribution in [3.05, 3.63) is 66.7 Å². The minimum Gasteiger partial charge on any atom is -0.351 e. The summed E-state index contributed by atoms with van der Waals surface area (Å²) >= 11 is 0. The zero-order valence-electron chi connectivity index (χ0n) is 15.7. The molecule has 144 valence electrons. The number of imidazole rings is 1. The smallest absolute Gasteiger partial charge is 0.167 e. The van der Waals surface area contributed by atoms with Crippen LogP contribution in [0.25, 0.3) is 28.2 Å². The molecule has 6 nitrogen and oxygen atoms in total. The second kappa shape index (κ2) is 6.35. The zero-order valence-corrected chi connectivity index (χ0v) is 15.7. The Kier molecular flexibility index (Phi) is 3.64. The number of pyridine rings is 2. The minimum absolute atomic E-state index is 0.304. The van der Waals surface area contributed by atoms with Crippen molar-refractivity contribution in [2.45, 2.75) is 18.5 Å². The molecule has 2 atom stereocenters. The third-order valence-corrected chi connectivity index (χ3v) is 5.88. The largest absolute Gasteiger partial charge is 0.351 e. The molecular formula is C22H19FN6. The lowest BCUT2D eigenvalue weighted by Crippen LogP contribution is -2.44. The lowest BCUT2D eigenvalue weighted by atomic mass is 10.2. The van der Waals surface area contributed by atoms with Crippen LogP contribution in [0.2, 0.25) is 0 Å². The molecule has 0 aliphatic carbocycles. The van der Waals surface area contributed by atoms with Crippen LogP contribution in [-0.4, -0.2) is 44.7 Å². The maximum Gasteiger partial charge on any atom is 0.167 e. The summed E-state index contributed by atoms with van der Waals surface area (Å²) in [6.45, 7) is 1.96. The van der Waals surface area contributed by atoms with Crippen LogP contribution >= 0.6 is 0 Å². The summed E-state index contributed by atoms with van der Waals surface area (Å²) in [4.78, 5) is 16.2. The summed E-state index contributed by atoms with van der Waals surface area (Å²) in [5.41, 5.74) is 2.78. The molecule has 29 heavy (non-hydrogen) atoms. The van der Waals surface area contributed by atoms with Gasteiger partial charge >= 0.3 is 0 Å². The van der Waals surface area contributed by atoms with Crippen molar-refractivity contribution in [1.29, 1.82) is 0 Å². The highest BCUT2D eigenvalue weighted by atomic mass is 19.1. The van der Waals surface area contributed by atoms with Gasteiger partial charge in [-0.05, 0) is 42.8 Å². The predicted octanol–water partition coefficient (Wildman–Crippen LogP) is 3.17. The zero-order chi connectivity index (χ0) is 19.4. The van der Waals surface area contributed by atoms with Crippen molar-refractivity contribution in [2.24, 2.45) is 0 Å². The molecule has 0 saturated carbocycles. The average molecular weight is 386 g/mol. The molecule has 2 saturated heterocycles. The summed E-state index contributed by atoms with van der Waals surface area (Å²) in [6, 6.07) is 15.5. The molecule has 0 amide bonds. The summed E-state index contributed by atoms with van der Waals surface area (Å²) < 4.78 is 16.5. The topological polar surface area (TPSA) is 58.9 Å². The maximum atomic E-state index is 14.6. The van der Waals surface area contributed by atoms with Crippen molar-refractivity contribution >= 4 is 17.0 Å².